The molecule has 0 bridgehead atoms. The third kappa shape index (κ3) is 13.0. The van der Waals surface area contributed by atoms with Crippen LogP contribution in [0, 0.1) is 6.92 Å². The van der Waals surface area contributed by atoms with Gasteiger partial charge in [0, 0.05) is 32.6 Å². The van der Waals surface area contributed by atoms with Crippen molar-refractivity contribution in [3.05, 3.63) is 161 Å². The van der Waals surface area contributed by atoms with Crippen molar-refractivity contribution in [3.63, 3.8) is 0 Å². The molecular formula is C51H44O16. The average Bonchev–Trinajstić information content (AvgIpc) is 3.32. The summed E-state index contributed by atoms with van der Waals surface area (Å²) in [5, 5.41) is 0. The van der Waals surface area contributed by atoms with Crippen LogP contribution in [-0.4, -0.2) is 69.9 Å². The minimum atomic E-state index is -0.731. The number of esters is 6. The summed E-state index contributed by atoms with van der Waals surface area (Å²) in [5.74, 6) is -1.86. The molecule has 344 valence electrons. The number of hydrogen-bond acceptors (Lipinski definition) is 16. The maximum Gasteiger partial charge on any atom is 0.347 e. The van der Waals surface area contributed by atoms with Gasteiger partial charge in [-0.2, -0.15) is 0 Å². The van der Waals surface area contributed by atoms with Crippen LogP contribution in [-0.2, 0) is 9.53 Å². The molecule has 0 amide bonds. The van der Waals surface area contributed by atoms with Gasteiger partial charge in [0.15, 0.2) is 11.5 Å². The highest BCUT2D eigenvalue weighted by Crippen LogP contribution is 2.36. The van der Waals surface area contributed by atoms with Gasteiger partial charge in [-0.1, -0.05) is 0 Å². The molecule has 0 saturated heterocycles. The molecule has 0 radical (unpaired) electrons. The molecule has 0 saturated carbocycles. The molecule has 0 heterocycles. The summed E-state index contributed by atoms with van der Waals surface area (Å²) < 4.78 is 54.4. The molecular weight excluding hydrogens is 869 g/mol. The van der Waals surface area contributed by atoms with Crippen LogP contribution in [0.25, 0.3) is 0 Å². The number of benzene rings is 6. The number of methoxy groups -OCH3 is 3. The second-order valence-corrected chi connectivity index (χ2v) is 14.5. The Morgan fingerprint density at radius 3 is 1.25 bits per heavy atom. The van der Waals surface area contributed by atoms with Crippen molar-refractivity contribution in [2.75, 3.05) is 27.9 Å². The van der Waals surface area contributed by atoms with Crippen LogP contribution in [0.15, 0.2) is 127 Å². The maximum absolute atomic E-state index is 13.2. The van der Waals surface area contributed by atoms with E-state index in [1.54, 1.807) is 20.1 Å². The minimum Gasteiger partial charge on any atom is -0.496 e. The van der Waals surface area contributed by atoms with E-state index in [4.69, 9.17) is 47.4 Å². The van der Waals surface area contributed by atoms with Crippen LogP contribution in [0.2, 0.25) is 0 Å². The number of hydrogen-bond donors (Lipinski definition) is 0. The van der Waals surface area contributed by atoms with Gasteiger partial charge in [-0.25, -0.2) is 24.0 Å². The summed E-state index contributed by atoms with van der Waals surface area (Å²) in [6.07, 6.45) is 0.628. The van der Waals surface area contributed by atoms with E-state index >= 15 is 0 Å². The van der Waals surface area contributed by atoms with Gasteiger partial charge in [-0.15, -0.1) is 0 Å². The van der Waals surface area contributed by atoms with Crippen molar-refractivity contribution < 1.29 is 76.1 Å². The SMILES string of the molecule is COc1cc(C(=O)Oc2ccc(C(=O)Oc3ccc(C(=O)Oc4ccc(OC(=O)c5ccc(OC(=O)c6ccc(OC(C)=O)cc6)cc5)c(C)c4)cc3)cc2)c(OC)cc1OCCC(C)OC. The zero-order valence-corrected chi connectivity index (χ0v) is 37.1. The first-order valence-electron chi connectivity index (χ1n) is 20.4. The topological polar surface area (TPSA) is 195 Å². The van der Waals surface area contributed by atoms with Crippen LogP contribution < -0.4 is 42.6 Å². The van der Waals surface area contributed by atoms with Crippen molar-refractivity contribution in [1.82, 2.24) is 0 Å². The predicted octanol–water partition coefficient (Wildman–Crippen LogP) is 8.84. The summed E-state index contributed by atoms with van der Waals surface area (Å²) in [4.78, 5) is 75.7. The quantitative estimate of drug-likeness (QED) is 0.0585. The Morgan fingerprint density at radius 1 is 0.433 bits per heavy atom. The molecule has 16 nitrogen and oxygen atoms in total. The van der Waals surface area contributed by atoms with Crippen LogP contribution in [0.3, 0.4) is 0 Å². The molecule has 0 aliphatic rings. The van der Waals surface area contributed by atoms with Gasteiger partial charge in [-0.3, -0.25) is 4.79 Å². The van der Waals surface area contributed by atoms with E-state index in [1.165, 1.54) is 142 Å². The molecule has 6 aromatic rings. The maximum atomic E-state index is 13.2. The molecule has 1 atom stereocenters. The zero-order chi connectivity index (χ0) is 48.0. The fraction of sp³-hybridized carbons (Fsp3) is 0.176. The highest BCUT2D eigenvalue weighted by molar-refractivity contribution is 5.96. The molecule has 16 heteroatoms. The standard InChI is InChI=1S/C51H44O16/c1-30-27-41(23-24-43(30)67-50(56)36-13-19-39(20-14-36)64-47(53)33-7-15-37(16-8-33)62-32(3)52)66-49(55)35-9-17-38(18-10-35)63-48(54)34-11-21-40(22-12-34)65-51(57)42-28-45(60-6)46(29-44(42)59-5)61-26-25-31(2)58-4/h7-24,27-29,31H,25-26H2,1-6H3. The van der Waals surface area contributed by atoms with Crippen molar-refractivity contribution >= 4 is 35.8 Å². The van der Waals surface area contributed by atoms with Gasteiger partial charge >= 0.3 is 35.8 Å². The molecule has 6 aromatic carbocycles. The van der Waals surface area contributed by atoms with E-state index in [-0.39, 0.29) is 74.2 Å². The minimum absolute atomic E-state index is 0.00555. The molecule has 0 aliphatic heterocycles. The normalized spacial score (nSPS) is 11.0. The second-order valence-electron chi connectivity index (χ2n) is 14.5. The van der Waals surface area contributed by atoms with Crippen molar-refractivity contribution in [3.8, 4) is 51.7 Å². The Bertz CT molecular complexity index is 2740. The Morgan fingerprint density at radius 2 is 0.836 bits per heavy atom. The van der Waals surface area contributed by atoms with E-state index in [1.807, 2.05) is 6.92 Å². The summed E-state index contributed by atoms with van der Waals surface area (Å²) in [6, 6.07) is 30.5. The third-order valence-electron chi connectivity index (χ3n) is 9.70. The van der Waals surface area contributed by atoms with Crippen molar-refractivity contribution in [1.29, 1.82) is 0 Å². The van der Waals surface area contributed by atoms with Crippen LogP contribution >= 0.6 is 0 Å². The lowest BCUT2D eigenvalue weighted by Crippen LogP contribution is -2.13. The number of carbonyl (C=O) groups excluding carboxylic acids is 6. The Hall–Kier alpha value is -8.50. The van der Waals surface area contributed by atoms with Gasteiger partial charge < -0.3 is 47.4 Å². The number of carbonyl (C=O) groups is 6. The van der Waals surface area contributed by atoms with Gasteiger partial charge in [0.25, 0.3) is 0 Å². The first-order chi connectivity index (χ1) is 32.2. The first kappa shape index (κ1) is 48.0. The van der Waals surface area contributed by atoms with Crippen molar-refractivity contribution in [2.24, 2.45) is 0 Å². The molecule has 0 aliphatic carbocycles. The summed E-state index contributed by atoms with van der Waals surface area (Å²) >= 11 is 0. The van der Waals surface area contributed by atoms with Gasteiger partial charge in [-0.05, 0) is 135 Å². The van der Waals surface area contributed by atoms with Crippen LogP contribution in [0.5, 0.6) is 51.7 Å². The van der Waals surface area contributed by atoms with Crippen molar-refractivity contribution in [2.45, 2.75) is 33.3 Å². The summed E-state index contributed by atoms with van der Waals surface area (Å²) in [6.45, 7) is 5.21. The zero-order valence-electron chi connectivity index (χ0n) is 37.1. The number of rotatable bonds is 18. The molecule has 67 heavy (non-hydrogen) atoms. The third-order valence-corrected chi connectivity index (χ3v) is 9.70. The second kappa shape index (κ2) is 22.4. The summed E-state index contributed by atoms with van der Waals surface area (Å²) in [7, 11) is 4.48. The molecule has 0 aromatic heterocycles. The van der Waals surface area contributed by atoms with Gasteiger partial charge in [0.05, 0.1) is 49.2 Å². The molecule has 1 unspecified atom stereocenters. The number of ether oxygens (including phenoxy) is 10. The smallest absolute Gasteiger partial charge is 0.347 e. The molecule has 0 fully saturated rings. The lowest BCUT2D eigenvalue weighted by molar-refractivity contribution is -0.131. The van der Waals surface area contributed by atoms with E-state index in [2.05, 4.69) is 0 Å². The van der Waals surface area contributed by atoms with Gasteiger partial charge in [0.1, 0.15) is 45.8 Å². The van der Waals surface area contributed by atoms with E-state index in [0.29, 0.717) is 30.1 Å². The van der Waals surface area contributed by atoms with E-state index in [9.17, 15) is 28.8 Å². The Kier molecular flexibility index (Phi) is 16.0. The molecule has 0 N–H and O–H groups in total. The Labute approximate surface area is 384 Å². The number of aryl methyl sites for hydroxylation is 1. The van der Waals surface area contributed by atoms with Crippen LogP contribution in [0.4, 0.5) is 0 Å². The molecule has 0 spiro atoms. The Balaban J connectivity index is 0.974. The van der Waals surface area contributed by atoms with Crippen LogP contribution in [0.1, 0.15) is 77.6 Å². The lowest BCUT2D eigenvalue weighted by Gasteiger charge is -2.16. The van der Waals surface area contributed by atoms with E-state index < -0.39 is 35.8 Å². The van der Waals surface area contributed by atoms with E-state index in [0.717, 1.165) is 0 Å². The highest BCUT2D eigenvalue weighted by atomic mass is 16.6. The largest absolute Gasteiger partial charge is 0.496 e. The molecule has 6 rings (SSSR count). The fourth-order valence-corrected chi connectivity index (χ4v) is 6.02. The highest BCUT2D eigenvalue weighted by Gasteiger charge is 2.21. The summed E-state index contributed by atoms with van der Waals surface area (Å²) in [5.41, 5.74) is 1.33. The fourth-order valence-electron chi connectivity index (χ4n) is 6.02. The lowest BCUT2D eigenvalue weighted by atomic mass is 10.1. The average molecular weight is 913 g/mol. The predicted molar refractivity (Wildman–Crippen MR) is 239 cm³/mol. The first-order valence-corrected chi connectivity index (χ1v) is 20.4. The van der Waals surface area contributed by atoms with Gasteiger partial charge in [0.2, 0.25) is 0 Å². The monoisotopic (exact) mass is 912 g/mol.